The fourth-order valence-electron chi connectivity index (χ4n) is 3.29. The molecule has 2 aromatic carbocycles. The van der Waals surface area contributed by atoms with Crippen LogP contribution in [-0.2, 0) is 22.6 Å². The van der Waals surface area contributed by atoms with Crippen molar-refractivity contribution in [1.82, 2.24) is 4.90 Å². The molecule has 6 heteroatoms. The van der Waals surface area contributed by atoms with E-state index in [0.29, 0.717) is 11.3 Å². The van der Waals surface area contributed by atoms with Crippen LogP contribution in [0.5, 0.6) is 5.75 Å². The summed E-state index contributed by atoms with van der Waals surface area (Å²) in [6, 6.07) is 13.3. The number of aliphatic carboxylic acids is 1. The summed E-state index contributed by atoms with van der Waals surface area (Å²) in [5.74, 6) is -0.854. The molecule has 0 saturated heterocycles. The SMILES string of the molecule is COc1ccc(C(=O)CCC(=O)N2Cc3ccccc3CC2C(=O)O)cc1. The van der Waals surface area contributed by atoms with Crippen molar-refractivity contribution in [2.75, 3.05) is 7.11 Å². The Labute approximate surface area is 157 Å². The van der Waals surface area contributed by atoms with Gasteiger partial charge in [-0.05, 0) is 35.4 Å². The highest BCUT2D eigenvalue weighted by atomic mass is 16.5. The molecule has 3 rings (SSSR count). The Morgan fingerprint density at radius 1 is 1.04 bits per heavy atom. The normalized spacial score (nSPS) is 15.7. The van der Waals surface area contributed by atoms with E-state index < -0.39 is 12.0 Å². The predicted molar refractivity (Wildman–Crippen MR) is 98.7 cm³/mol. The molecule has 1 N–H and O–H groups in total. The molecule has 1 heterocycles. The topological polar surface area (TPSA) is 83.9 Å². The summed E-state index contributed by atoms with van der Waals surface area (Å²) in [5, 5.41) is 9.52. The standard InChI is InChI=1S/C21H21NO5/c1-27-17-8-6-14(7-9-17)19(23)10-11-20(24)22-13-16-5-3-2-4-15(16)12-18(22)21(25)26/h2-9,18H,10-13H2,1H3,(H,25,26). The monoisotopic (exact) mass is 367 g/mol. The molecule has 0 fully saturated rings. The zero-order chi connectivity index (χ0) is 19.4. The van der Waals surface area contributed by atoms with Crippen LogP contribution in [-0.4, -0.2) is 40.8 Å². The Morgan fingerprint density at radius 2 is 1.70 bits per heavy atom. The first kappa shape index (κ1) is 18.6. The summed E-state index contributed by atoms with van der Waals surface area (Å²) in [6.45, 7) is 0.253. The van der Waals surface area contributed by atoms with Crippen molar-refractivity contribution in [3.8, 4) is 5.75 Å². The van der Waals surface area contributed by atoms with E-state index in [1.165, 1.54) is 4.90 Å². The van der Waals surface area contributed by atoms with Crippen molar-refractivity contribution >= 4 is 17.7 Å². The fourth-order valence-corrected chi connectivity index (χ4v) is 3.29. The van der Waals surface area contributed by atoms with E-state index in [0.717, 1.165) is 11.1 Å². The van der Waals surface area contributed by atoms with Crippen molar-refractivity contribution < 1.29 is 24.2 Å². The first-order chi connectivity index (χ1) is 13.0. The van der Waals surface area contributed by atoms with Gasteiger partial charge in [0.25, 0.3) is 0 Å². The van der Waals surface area contributed by atoms with Gasteiger partial charge in [0, 0.05) is 31.4 Å². The van der Waals surface area contributed by atoms with Gasteiger partial charge in [-0.15, -0.1) is 0 Å². The third-order valence-electron chi connectivity index (χ3n) is 4.83. The summed E-state index contributed by atoms with van der Waals surface area (Å²) in [4.78, 5) is 38.0. The number of Topliss-reactive ketones (excluding diaryl/α,β-unsaturated/α-hetero) is 1. The number of ketones is 1. The van der Waals surface area contributed by atoms with Crippen molar-refractivity contribution in [2.24, 2.45) is 0 Å². The van der Waals surface area contributed by atoms with Gasteiger partial charge in [-0.25, -0.2) is 4.79 Å². The highest BCUT2D eigenvalue weighted by Crippen LogP contribution is 2.24. The molecule has 0 radical (unpaired) electrons. The van der Waals surface area contributed by atoms with Gasteiger partial charge in [0.2, 0.25) is 5.91 Å². The first-order valence-corrected chi connectivity index (χ1v) is 8.76. The number of methoxy groups -OCH3 is 1. The maximum Gasteiger partial charge on any atom is 0.326 e. The van der Waals surface area contributed by atoms with Gasteiger partial charge in [0.15, 0.2) is 5.78 Å². The first-order valence-electron chi connectivity index (χ1n) is 8.76. The van der Waals surface area contributed by atoms with Crippen LogP contribution in [0.15, 0.2) is 48.5 Å². The van der Waals surface area contributed by atoms with Crippen molar-refractivity contribution in [3.63, 3.8) is 0 Å². The minimum absolute atomic E-state index is 0.0171. The quantitative estimate of drug-likeness (QED) is 0.794. The van der Waals surface area contributed by atoms with Crippen LogP contribution in [0.4, 0.5) is 0 Å². The molecule has 0 bridgehead atoms. The number of rotatable bonds is 6. The van der Waals surface area contributed by atoms with Crippen molar-refractivity contribution in [1.29, 1.82) is 0 Å². The number of carbonyl (C=O) groups excluding carboxylic acids is 2. The molecule has 1 atom stereocenters. The van der Waals surface area contributed by atoms with Crippen LogP contribution in [0.2, 0.25) is 0 Å². The average molecular weight is 367 g/mol. The van der Waals surface area contributed by atoms with Gasteiger partial charge >= 0.3 is 5.97 Å². The van der Waals surface area contributed by atoms with Gasteiger partial charge in [0.05, 0.1) is 7.11 Å². The van der Waals surface area contributed by atoms with E-state index in [2.05, 4.69) is 0 Å². The number of amides is 1. The number of carboxylic acid groups (broad SMARTS) is 1. The summed E-state index contributed by atoms with van der Waals surface area (Å²) < 4.78 is 5.06. The zero-order valence-electron chi connectivity index (χ0n) is 15.1. The lowest BCUT2D eigenvalue weighted by atomic mass is 9.93. The van der Waals surface area contributed by atoms with Gasteiger partial charge in [-0.1, -0.05) is 24.3 Å². The summed E-state index contributed by atoms with van der Waals surface area (Å²) in [5.41, 5.74) is 2.40. The molecular weight excluding hydrogens is 346 g/mol. The Morgan fingerprint density at radius 3 is 2.33 bits per heavy atom. The lowest BCUT2D eigenvalue weighted by Crippen LogP contribution is -2.48. The third-order valence-corrected chi connectivity index (χ3v) is 4.83. The second kappa shape index (κ2) is 8.03. The number of ether oxygens (including phenoxy) is 1. The number of benzene rings is 2. The van der Waals surface area contributed by atoms with Crippen LogP contribution < -0.4 is 4.74 Å². The second-order valence-electron chi connectivity index (χ2n) is 6.50. The zero-order valence-corrected chi connectivity index (χ0v) is 15.1. The highest BCUT2D eigenvalue weighted by Gasteiger charge is 2.34. The molecule has 0 aliphatic carbocycles. The molecule has 2 aromatic rings. The fraction of sp³-hybridized carbons (Fsp3) is 0.286. The number of hydrogen-bond acceptors (Lipinski definition) is 4. The van der Waals surface area contributed by atoms with Crippen molar-refractivity contribution in [2.45, 2.75) is 31.8 Å². The molecule has 27 heavy (non-hydrogen) atoms. The maximum atomic E-state index is 12.6. The predicted octanol–water partition coefficient (Wildman–Crippen LogP) is 2.70. The number of fused-ring (bicyclic) bond motifs is 1. The lowest BCUT2D eigenvalue weighted by molar-refractivity contribution is -0.151. The lowest BCUT2D eigenvalue weighted by Gasteiger charge is -2.34. The molecule has 0 aromatic heterocycles. The molecule has 0 spiro atoms. The Kier molecular flexibility index (Phi) is 5.54. The van der Waals surface area contributed by atoms with Crippen LogP contribution in [0, 0.1) is 0 Å². The van der Waals surface area contributed by atoms with Gasteiger partial charge in [-0.2, -0.15) is 0 Å². The minimum Gasteiger partial charge on any atom is -0.497 e. The molecule has 1 aliphatic rings. The Hall–Kier alpha value is -3.15. The summed E-state index contributed by atoms with van der Waals surface area (Å²) in [7, 11) is 1.55. The molecule has 140 valence electrons. The Balaban J connectivity index is 1.67. The molecule has 1 aliphatic heterocycles. The Bertz CT molecular complexity index is 859. The van der Waals surface area contributed by atoms with E-state index in [-0.39, 0.29) is 37.5 Å². The molecular formula is C21H21NO5. The van der Waals surface area contributed by atoms with Crippen LogP contribution >= 0.6 is 0 Å². The molecule has 1 unspecified atom stereocenters. The van der Waals surface area contributed by atoms with E-state index in [1.807, 2.05) is 24.3 Å². The number of hydrogen-bond donors (Lipinski definition) is 1. The second-order valence-corrected chi connectivity index (χ2v) is 6.50. The number of carbonyl (C=O) groups is 3. The third kappa shape index (κ3) is 4.16. The highest BCUT2D eigenvalue weighted by molar-refractivity contribution is 5.98. The van der Waals surface area contributed by atoms with E-state index >= 15 is 0 Å². The summed E-state index contributed by atoms with van der Waals surface area (Å²) >= 11 is 0. The van der Waals surface area contributed by atoms with E-state index in [9.17, 15) is 19.5 Å². The number of carboxylic acids is 1. The molecule has 1 amide bonds. The summed E-state index contributed by atoms with van der Waals surface area (Å²) in [6.07, 6.45) is 0.302. The van der Waals surface area contributed by atoms with Crippen LogP contribution in [0.25, 0.3) is 0 Å². The van der Waals surface area contributed by atoms with Crippen LogP contribution in [0.1, 0.15) is 34.3 Å². The van der Waals surface area contributed by atoms with Gasteiger partial charge < -0.3 is 14.7 Å². The van der Waals surface area contributed by atoms with Gasteiger partial charge in [0.1, 0.15) is 11.8 Å². The molecule has 6 nitrogen and oxygen atoms in total. The molecule has 0 saturated carbocycles. The average Bonchev–Trinajstić information content (AvgIpc) is 2.70. The van der Waals surface area contributed by atoms with E-state index in [1.54, 1.807) is 31.4 Å². The smallest absolute Gasteiger partial charge is 0.326 e. The maximum absolute atomic E-state index is 12.6. The van der Waals surface area contributed by atoms with Crippen LogP contribution in [0.3, 0.4) is 0 Å². The minimum atomic E-state index is -1.03. The largest absolute Gasteiger partial charge is 0.497 e. The van der Waals surface area contributed by atoms with Gasteiger partial charge in [-0.3, -0.25) is 9.59 Å². The number of nitrogens with zero attached hydrogens (tertiary/aromatic N) is 1. The van der Waals surface area contributed by atoms with Crippen molar-refractivity contribution in [3.05, 3.63) is 65.2 Å². The van der Waals surface area contributed by atoms with E-state index in [4.69, 9.17) is 4.74 Å².